The van der Waals surface area contributed by atoms with E-state index in [1.807, 2.05) is 24.3 Å². The lowest BCUT2D eigenvalue weighted by Crippen LogP contribution is -2.15. The first-order valence-electron chi connectivity index (χ1n) is 8.70. The minimum absolute atomic E-state index is 0.231. The summed E-state index contributed by atoms with van der Waals surface area (Å²) in [5.74, 6) is 0.606. The molecule has 0 aliphatic rings. The number of hydrogen-bond acceptors (Lipinski definition) is 4. The Morgan fingerprint density at radius 1 is 1.00 bits per heavy atom. The molecule has 0 radical (unpaired) electrons. The van der Waals surface area contributed by atoms with Crippen LogP contribution >= 0.6 is 0 Å². The van der Waals surface area contributed by atoms with E-state index in [4.69, 9.17) is 0 Å². The molecule has 3 rings (SSSR count). The van der Waals surface area contributed by atoms with Gasteiger partial charge in [0, 0.05) is 17.4 Å². The summed E-state index contributed by atoms with van der Waals surface area (Å²) in [5, 5.41) is 5.83. The van der Waals surface area contributed by atoms with Gasteiger partial charge >= 0.3 is 0 Å². The molecule has 0 spiro atoms. The third kappa shape index (κ3) is 4.88. The second-order valence-corrected chi connectivity index (χ2v) is 6.55. The minimum atomic E-state index is -0.353. The standard InChI is InChI=1S/C21H21FN4O/c1-13(2)15-7-9-17(10-8-15)26-21(27)19-12-20(24-14(3)23-19)25-18-6-4-5-16(22)11-18/h4-13H,1-3H3,(H,26,27)(H,23,24,25). The van der Waals surface area contributed by atoms with Crippen LogP contribution in [0.3, 0.4) is 0 Å². The fourth-order valence-electron chi connectivity index (χ4n) is 2.61. The van der Waals surface area contributed by atoms with Gasteiger partial charge in [-0.2, -0.15) is 0 Å². The van der Waals surface area contributed by atoms with Gasteiger partial charge in [0.1, 0.15) is 23.2 Å². The third-order valence-corrected chi connectivity index (χ3v) is 4.00. The summed E-state index contributed by atoms with van der Waals surface area (Å²) >= 11 is 0. The Bertz CT molecular complexity index is 955. The van der Waals surface area contributed by atoms with E-state index in [0.29, 0.717) is 28.9 Å². The molecule has 0 saturated heterocycles. The molecule has 3 aromatic rings. The fourth-order valence-corrected chi connectivity index (χ4v) is 2.61. The van der Waals surface area contributed by atoms with Crippen LogP contribution in [0.4, 0.5) is 21.6 Å². The van der Waals surface area contributed by atoms with Crippen molar-refractivity contribution < 1.29 is 9.18 Å². The maximum absolute atomic E-state index is 13.3. The first-order chi connectivity index (χ1) is 12.9. The zero-order valence-corrected chi connectivity index (χ0v) is 15.5. The summed E-state index contributed by atoms with van der Waals surface area (Å²) in [6, 6.07) is 15.3. The number of halogens is 1. The number of nitrogens with zero attached hydrogens (tertiary/aromatic N) is 2. The van der Waals surface area contributed by atoms with E-state index in [0.717, 1.165) is 0 Å². The van der Waals surface area contributed by atoms with Crippen molar-refractivity contribution in [2.75, 3.05) is 10.6 Å². The fraction of sp³-hybridized carbons (Fsp3) is 0.190. The summed E-state index contributed by atoms with van der Waals surface area (Å²) in [6.45, 7) is 5.93. The molecule has 1 heterocycles. The maximum atomic E-state index is 13.3. The predicted molar refractivity (Wildman–Crippen MR) is 105 cm³/mol. The largest absolute Gasteiger partial charge is 0.340 e. The van der Waals surface area contributed by atoms with Crippen molar-refractivity contribution >= 4 is 23.1 Å². The molecule has 1 amide bonds. The van der Waals surface area contributed by atoms with Gasteiger partial charge in [0.2, 0.25) is 0 Å². The lowest BCUT2D eigenvalue weighted by molar-refractivity contribution is 0.102. The molecule has 0 saturated carbocycles. The molecule has 0 fully saturated rings. The summed E-state index contributed by atoms with van der Waals surface area (Å²) in [4.78, 5) is 21.0. The molecule has 0 atom stereocenters. The average molecular weight is 364 g/mol. The van der Waals surface area contributed by atoms with Crippen LogP contribution in [-0.2, 0) is 0 Å². The number of aryl methyl sites for hydroxylation is 1. The van der Waals surface area contributed by atoms with Crippen LogP contribution in [0.15, 0.2) is 54.6 Å². The zero-order chi connectivity index (χ0) is 19.4. The Hall–Kier alpha value is -3.28. The second-order valence-electron chi connectivity index (χ2n) is 6.55. The van der Waals surface area contributed by atoms with Crippen molar-refractivity contribution in [1.29, 1.82) is 0 Å². The number of hydrogen-bond donors (Lipinski definition) is 2. The number of nitrogens with one attached hydrogen (secondary N) is 2. The van der Waals surface area contributed by atoms with Crippen molar-refractivity contribution in [3.8, 4) is 0 Å². The molecule has 0 aliphatic carbocycles. The van der Waals surface area contributed by atoms with Gasteiger partial charge in [-0.1, -0.05) is 32.0 Å². The van der Waals surface area contributed by atoms with Crippen LogP contribution in [0, 0.1) is 12.7 Å². The first-order valence-corrected chi connectivity index (χ1v) is 8.70. The molecule has 0 bridgehead atoms. The quantitative estimate of drug-likeness (QED) is 0.665. The molecule has 0 unspecified atom stereocenters. The second kappa shape index (κ2) is 7.95. The van der Waals surface area contributed by atoms with Crippen molar-refractivity contribution in [2.45, 2.75) is 26.7 Å². The summed E-state index contributed by atoms with van der Waals surface area (Å²) in [6.07, 6.45) is 0. The highest BCUT2D eigenvalue weighted by Gasteiger charge is 2.12. The monoisotopic (exact) mass is 364 g/mol. The van der Waals surface area contributed by atoms with Gasteiger partial charge in [0.05, 0.1) is 0 Å². The molecular weight excluding hydrogens is 343 g/mol. The molecule has 2 N–H and O–H groups in total. The van der Waals surface area contributed by atoms with Crippen molar-refractivity contribution in [2.24, 2.45) is 0 Å². The zero-order valence-electron chi connectivity index (χ0n) is 15.5. The molecule has 0 aliphatic heterocycles. The number of anilines is 3. The number of rotatable bonds is 5. The molecule has 138 valence electrons. The van der Waals surface area contributed by atoms with E-state index in [-0.39, 0.29) is 17.4 Å². The van der Waals surface area contributed by atoms with E-state index in [1.54, 1.807) is 19.1 Å². The van der Waals surface area contributed by atoms with Gasteiger partial charge in [0.15, 0.2) is 0 Å². The van der Waals surface area contributed by atoms with E-state index in [2.05, 4.69) is 34.4 Å². The molecule has 5 nitrogen and oxygen atoms in total. The van der Waals surface area contributed by atoms with Gasteiger partial charge in [-0.25, -0.2) is 14.4 Å². The number of amides is 1. The number of benzene rings is 2. The Morgan fingerprint density at radius 2 is 1.74 bits per heavy atom. The highest BCUT2D eigenvalue weighted by molar-refractivity contribution is 6.03. The van der Waals surface area contributed by atoms with Crippen molar-refractivity contribution in [3.05, 3.63) is 77.5 Å². The van der Waals surface area contributed by atoms with Gasteiger partial charge < -0.3 is 10.6 Å². The number of carbonyl (C=O) groups excluding carboxylic acids is 1. The van der Waals surface area contributed by atoms with Crippen LogP contribution in [-0.4, -0.2) is 15.9 Å². The van der Waals surface area contributed by atoms with Crippen molar-refractivity contribution in [3.63, 3.8) is 0 Å². The Kier molecular flexibility index (Phi) is 5.45. The normalized spacial score (nSPS) is 10.7. The Labute approximate surface area is 157 Å². The molecular formula is C21H21FN4O. The first kappa shape index (κ1) is 18.5. The molecule has 1 aromatic heterocycles. The van der Waals surface area contributed by atoms with Gasteiger partial charge in [-0.05, 0) is 48.7 Å². The van der Waals surface area contributed by atoms with Crippen LogP contribution in [0.2, 0.25) is 0 Å². The average Bonchev–Trinajstić information content (AvgIpc) is 2.61. The van der Waals surface area contributed by atoms with Gasteiger partial charge in [-0.3, -0.25) is 4.79 Å². The lowest BCUT2D eigenvalue weighted by atomic mass is 10.0. The molecule has 6 heteroatoms. The van der Waals surface area contributed by atoms with Gasteiger partial charge in [0.25, 0.3) is 5.91 Å². The highest BCUT2D eigenvalue weighted by Crippen LogP contribution is 2.19. The Balaban J connectivity index is 1.77. The van der Waals surface area contributed by atoms with E-state index in [1.165, 1.54) is 23.8 Å². The SMILES string of the molecule is Cc1nc(Nc2cccc(F)c2)cc(C(=O)Nc2ccc(C(C)C)cc2)n1. The van der Waals surface area contributed by atoms with E-state index in [9.17, 15) is 9.18 Å². The van der Waals surface area contributed by atoms with Crippen LogP contribution < -0.4 is 10.6 Å². The van der Waals surface area contributed by atoms with Crippen molar-refractivity contribution in [1.82, 2.24) is 9.97 Å². The van der Waals surface area contributed by atoms with Crippen LogP contribution in [0.1, 0.15) is 41.6 Å². The minimum Gasteiger partial charge on any atom is -0.340 e. The Morgan fingerprint density at radius 3 is 2.41 bits per heavy atom. The predicted octanol–water partition coefficient (Wildman–Crippen LogP) is 5.04. The van der Waals surface area contributed by atoms with E-state index < -0.39 is 0 Å². The summed E-state index contributed by atoms with van der Waals surface area (Å²) in [7, 11) is 0. The smallest absolute Gasteiger partial charge is 0.274 e. The van der Waals surface area contributed by atoms with Gasteiger partial charge in [-0.15, -0.1) is 0 Å². The summed E-state index contributed by atoms with van der Waals surface area (Å²) < 4.78 is 13.3. The maximum Gasteiger partial charge on any atom is 0.274 e. The van der Waals surface area contributed by atoms with Crippen LogP contribution in [0.5, 0.6) is 0 Å². The topological polar surface area (TPSA) is 66.9 Å². The number of carbonyl (C=O) groups is 1. The molecule has 2 aromatic carbocycles. The lowest BCUT2D eigenvalue weighted by Gasteiger charge is -2.10. The van der Waals surface area contributed by atoms with E-state index >= 15 is 0 Å². The number of aromatic nitrogens is 2. The third-order valence-electron chi connectivity index (χ3n) is 4.00. The summed E-state index contributed by atoms with van der Waals surface area (Å²) in [5.41, 5.74) is 2.67. The highest BCUT2D eigenvalue weighted by atomic mass is 19.1. The molecule has 27 heavy (non-hydrogen) atoms. The van der Waals surface area contributed by atoms with Crippen LogP contribution in [0.25, 0.3) is 0 Å².